The fourth-order valence-electron chi connectivity index (χ4n) is 6.75. The third kappa shape index (κ3) is 4.07. The number of allylic oxidation sites excluding steroid dienone is 2. The average Bonchev–Trinajstić information content (AvgIpc) is 2.90. The molecule has 2 aromatic carbocycles. The molecule has 0 saturated carbocycles. The fourth-order valence-corrected chi connectivity index (χ4v) is 6.75. The lowest BCUT2D eigenvalue weighted by Gasteiger charge is -2.46. The minimum Gasteiger partial charge on any atom is -0.508 e. The maximum atomic E-state index is 13.9. The van der Waals surface area contributed by atoms with Gasteiger partial charge in [0.25, 0.3) is 0 Å². The summed E-state index contributed by atoms with van der Waals surface area (Å²) in [5, 5.41) is 34.1. The maximum Gasteiger partial charge on any atom is 0.205 e. The van der Waals surface area contributed by atoms with Crippen LogP contribution >= 0.6 is 0 Å². The van der Waals surface area contributed by atoms with Crippen LogP contribution in [0, 0.1) is 11.8 Å². The van der Waals surface area contributed by atoms with E-state index in [9.17, 15) is 34.5 Å². The summed E-state index contributed by atoms with van der Waals surface area (Å²) in [5.74, 6) is -4.14. The van der Waals surface area contributed by atoms with Crippen molar-refractivity contribution in [2.45, 2.75) is 64.9 Å². The molecule has 0 radical (unpaired) electrons. The second-order valence-corrected chi connectivity index (χ2v) is 11.0. The van der Waals surface area contributed by atoms with Crippen LogP contribution in [0.1, 0.15) is 77.4 Å². The second kappa shape index (κ2) is 9.72. The Bertz CT molecular complexity index is 1490. The van der Waals surface area contributed by atoms with Crippen LogP contribution in [-0.2, 0) is 28.9 Å². The molecule has 3 unspecified atom stereocenters. The number of aliphatic hydroxyl groups excluding tert-OH is 1. The van der Waals surface area contributed by atoms with Gasteiger partial charge in [-0.3, -0.25) is 19.2 Å². The Morgan fingerprint density at radius 2 is 1.74 bits per heavy atom. The van der Waals surface area contributed by atoms with Crippen LogP contribution in [0.2, 0.25) is 0 Å². The molecule has 0 aromatic heterocycles. The van der Waals surface area contributed by atoms with E-state index in [0.717, 1.165) is 5.56 Å². The second-order valence-electron chi connectivity index (χ2n) is 11.0. The summed E-state index contributed by atoms with van der Waals surface area (Å²) in [6.45, 7) is 4.88. The van der Waals surface area contributed by atoms with Crippen molar-refractivity contribution in [3.63, 3.8) is 0 Å². The number of carbonyl (C=O) groups excluding carboxylic acids is 4. The number of rotatable bonds is 6. The molecule has 0 heterocycles. The lowest BCUT2D eigenvalue weighted by molar-refractivity contribution is -0.143. The smallest absolute Gasteiger partial charge is 0.205 e. The van der Waals surface area contributed by atoms with Gasteiger partial charge in [-0.2, -0.15) is 0 Å². The van der Waals surface area contributed by atoms with Crippen molar-refractivity contribution in [1.29, 1.82) is 0 Å². The molecule has 0 fully saturated rings. The lowest BCUT2D eigenvalue weighted by Crippen LogP contribution is -2.56. The number of Topliss-reactive ketones (excluding diaryl/α,β-unsaturated/α-hetero) is 4. The van der Waals surface area contributed by atoms with Gasteiger partial charge < -0.3 is 15.3 Å². The topological polar surface area (TPSA) is 129 Å². The normalized spacial score (nSPS) is 24.3. The van der Waals surface area contributed by atoms with E-state index >= 15 is 0 Å². The number of aryl methyl sites for hydroxylation is 2. The van der Waals surface area contributed by atoms with Gasteiger partial charge in [-0.25, -0.2) is 0 Å². The highest BCUT2D eigenvalue weighted by Crippen LogP contribution is 2.52. The summed E-state index contributed by atoms with van der Waals surface area (Å²) in [6.07, 6.45) is 1.86. The number of phenols is 1. The molecule has 3 atom stereocenters. The van der Waals surface area contributed by atoms with Gasteiger partial charge in [-0.05, 0) is 68.6 Å². The Kier molecular flexibility index (Phi) is 6.67. The third-order valence-electron chi connectivity index (χ3n) is 8.69. The first-order valence-electron chi connectivity index (χ1n) is 13.4. The monoisotopic (exact) mass is 528 g/mol. The number of fused-ring (bicyclic) bond motifs is 3. The van der Waals surface area contributed by atoms with Crippen LogP contribution in [0.4, 0.5) is 0 Å². The largest absolute Gasteiger partial charge is 0.508 e. The number of benzene rings is 2. The molecule has 3 aliphatic rings. The highest BCUT2D eigenvalue weighted by Gasteiger charge is 2.58. The molecule has 2 aromatic rings. The number of aliphatic hydroxyl groups is 2. The van der Waals surface area contributed by atoms with Crippen LogP contribution in [-0.4, -0.2) is 44.1 Å². The molecule has 39 heavy (non-hydrogen) atoms. The summed E-state index contributed by atoms with van der Waals surface area (Å²) < 4.78 is 0. The first-order valence-corrected chi connectivity index (χ1v) is 13.4. The van der Waals surface area contributed by atoms with E-state index < -0.39 is 40.5 Å². The molecular formula is C32H32O7. The number of carbonyl (C=O) groups is 4. The van der Waals surface area contributed by atoms with Crippen LogP contribution in [0.5, 0.6) is 5.75 Å². The van der Waals surface area contributed by atoms with Gasteiger partial charge in [-0.15, -0.1) is 0 Å². The van der Waals surface area contributed by atoms with Gasteiger partial charge in [0.15, 0.2) is 23.0 Å². The molecule has 7 heteroatoms. The van der Waals surface area contributed by atoms with Crippen LogP contribution in [0.25, 0.3) is 0 Å². The standard InChI is InChI=1S/C32H32O7/c1-4-18-13-20(10-11-24(34)19-8-6-5-7-9-19)28(35)27-23(18)15-21-14-22-12-16(2)25(17(3)33)30(37)32(22,39)31(38)26(21)29(27)36/h5-9,13,21-22,35,38-39H,4,10-12,14-15H2,1-3H3. The predicted molar refractivity (Wildman–Crippen MR) is 144 cm³/mol. The first-order chi connectivity index (χ1) is 18.5. The van der Waals surface area contributed by atoms with E-state index in [2.05, 4.69) is 0 Å². The maximum absolute atomic E-state index is 13.9. The average molecular weight is 529 g/mol. The van der Waals surface area contributed by atoms with Crippen LogP contribution in [0.15, 0.2) is 58.9 Å². The Morgan fingerprint density at radius 3 is 2.38 bits per heavy atom. The summed E-state index contributed by atoms with van der Waals surface area (Å²) in [7, 11) is 0. The quantitative estimate of drug-likeness (QED) is 0.370. The van der Waals surface area contributed by atoms with Crippen molar-refractivity contribution in [2.24, 2.45) is 11.8 Å². The van der Waals surface area contributed by atoms with E-state index in [1.165, 1.54) is 6.92 Å². The van der Waals surface area contributed by atoms with E-state index in [4.69, 9.17) is 0 Å². The Morgan fingerprint density at radius 1 is 1.05 bits per heavy atom. The SMILES string of the molecule is CCc1cc(CCC(=O)c2ccccc2)c(O)c2c1CC1CC3CC(C)=C(C(C)=O)C(=O)C3(O)C(O)=C1C2=O. The zero-order valence-electron chi connectivity index (χ0n) is 22.3. The fraction of sp³-hybridized carbons (Fsp3) is 0.375. The van der Waals surface area contributed by atoms with Gasteiger partial charge in [0.05, 0.1) is 11.1 Å². The lowest BCUT2D eigenvalue weighted by atomic mass is 9.59. The molecule has 7 nitrogen and oxygen atoms in total. The number of ketones is 4. The minimum atomic E-state index is -2.36. The molecule has 0 spiro atoms. The van der Waals surface area contributed by atoms with Crippen molar-refractivity contribution in [3.8, 4) is 5.75 Å². The molecule has 0 saturated heterocycles. The molecular weight excluding hydrogens is 496 g/mol. The Labute approximate surface area is 226 Å². The Balaban J connectivity index is 1.56. The summed E-state index contributed by atoms with van der Waals surface area (Å²) >= 11 is 0. The van der Waals surface area contributed by atoms with Gasteiger partial charge in [0, 0.05) is 23.5 Å². The molecule has 0 amide bonds. The summed E-state index contributed by atoms with van der Waals surface area (Å²) in [5.41, 5.74) is 0.660. The first kappa shape index (κ1) is 26.8. The van der Waals surface area contributed by atoms with Crippen molar-refractivity contribution >= 4 is 23.1 Å². The molecule has 0 bridgehead atoms. The summed E-state index contributed by atoms with van der Waals surface area (Å²) in [6, 6.07) is 10.7. The van der Waals surface area contributed by atoms with Crippen molar-refractivity contribution in [3.05, 3.63) is 86.7 Å². The highest BCUT2D eigenvalue weighted by molar-refractivity contribution is 6.25. The zero-order valence-corrected chi connectivity index (χ0v) is 22.3. The van der Waals surface area contributed by atoms with E-state index in [1.807, 2.05) is 19.1 Å². The molecule has 3 aliphatic carbocycles. The van der Waals surface area contributed by atoms with Gasteiger partial charge in [0.2, 0.25) is 5.78 Å². The minimum absolute atomic E-state index is 0.0538. The van der Waals surface area contributed by atoms with Gasteiger partial charge in [0.1, 0.15) is 11.5 Å². The summed E-state index contributed by atoms with van der Waals surface area (Å²) in [4.78, 5) is 52.1. The predicted octanol–water partition coefficient (Wildman–Crippen LogP) is 4.57. The van der Waals surface area contributed by atoms with E-state index in [0.29, 0.717) is 35.1 Å². The van der Waals surface area contributed by atoms with Crippen molar-refractivity contribution < 1.29 is 34.5 Å². The van der Waals surface area contributed by atoms with Crippen molar-refractivity contribution in [1.82, 2.24) is 0 Å². The molecule has 5 rings (SSSR count). The number of aromatic hydroxyl groups is 1. The molecule has 3 N–H and O–H groups in total. The van der Waals surface area contributed by atoms with E-state index in [1.54, 1.807) is 31.2 Å². The van der Waals surface area contributed by atoms with Crippen molar-refractivity contribution in [2.75, 3.05) is 0 Å². The number of hydrogen-bond donors (Lipinski definition) is 3. The van der Waals surface area contributed by atoms with Gasteiger partial charge in [-0.1, -0.05) is 48.9 Å². The van der Waals surface area contributed by atoms with Gasteiger partial charge >= 0.3 is 0 Å². The number of hydrogen-bond acceptors (Lipinski definition) is 7. The molecule has 0 aliphatic heterocycles. The van der Waals surface area contributed by atoms with Crippen LogP contribution < -0.4 is 0 Å². The Hall–Kier alpha value is -3.84. The number of phenolic OH excluding ortho intramolecular Hbond substituents is 1. The van der Waals surface area contributed by atoms with Crippen LogP contribution in [0.3, 0.4) is 0 Å². The highest BCUT2D eigenvalue weighted by atomic mass is 16.3. The third-order valence-corrected chi connectivity index (χ3v) is 8.69. The molecule has 202 valence electrons. The zero-order chi connectivity index (χ0) is 28.2. The van der Waals surface area contributed by atoms with E-state index in [-0.39, 0.29) is 53.9 Å².